The lowest BCUT2D eigenvalue weighted by Gasteiger charge is -2.24. The van der Waals surface area contributed by atoms with Gasteiger partial charge in [-0.25, -0.2) is 0 Å². The summed E-state index contributed by atoms with van der Waals surface area (Å²) in [5, 5.41) is 10.5. The number of hydrogen-bond donors (Lipinski definition) is 1. The van der Waals surface area contributed by atoms with Crippen molar-refractivity contribution in [1.82, 2.24) is 0 Å². The van der Waals surface area contributed by atoms with Gasteiger partial charge in [0.1, 0.15) is 21.6 Å². The molecule has 1 aliphatic heterocycles. The van der Waals surface area contributed by atoms with Crippen LogP contribution in [0.15, 0.2) is 16.6 Å². The number of ether oxygens (including phenoxy) is 3. The Balaban J connectivity index is 2.50. The highest BCUT2D eigenvalue weighted by atomic mass is 79.9. The molecule has 0 aromatic heterocycles. The second-order valence-corrected chi connectivity index (χ2v) is 4.79. The van der Waals surface area contributed by atoms with Crippen LogP contribution in [0.5, 0.6) is 11.5 Å². The summed E-state index contributed by atoms with van der Waals surface area (Å²) in [6.45, 7) is 0.853. The average Bonchev–Trinajstić information content (AvgIpc) is 2.77. The first-order valence-electron chi connectivity index (χ1n) is 5.33. The number of aliphatic hydroxyl groups is 1. The molecule has 1 aromatic rings. The molecule has 94 valence electrons. The molecule has 5 heteroatoms. The average molecular weight is 303 g/mol. The molecule has 1 N–H and O–H groups in total. The molecule has 1 atom stereocenters. The summed E-state index contributed by atoms with van der Waals surface area (Å²) < 4.78 is 16.5. The topological polar surface area (TPSA) is 47.9 Å². The van der Waals surface area contributed by atoms with Gasteiger partial charge in [0, 0.05) is 18.6 Å². The summed E-state index contributed by atoms with van der Waals surface area (Å²) >= 11 is 3.42. The van der Waals surface area contributed by atoms with Crippen molar-refractivity contribution in [3.63, 3.8) is 0 Å². The third-order valence-electron chi connectivity index (χ3n) is 2.99. The highest BCUT2D eigenvalue weighted by molar-refractivity contribution is 9.10. The van der Waals surface area contributed by atoms with E-state index in [2.05, 4.69) is 15.9 Å². The Morgan fingerprint density at radius 2 is 2.12 bits per heavy atom. The summed E-state index contributed by atoms with van der Waals surface area (Å²) in [6, 6.07) is 3.62. The van der Waals surface area contributed by atoms with Crippen molar-refractivity contribution in [3.8, 4) is 11.5 Å². The number of methoxy groups -OCH3 is 2. The van der Waals surface area contributed by atoms with Gasteiger partial charge >= 0.3 is 0 Å². The van der Waals surface area contributed by atoms with Crippen molar-refractivity contribution in [2.45, 2.75) is 12.0 Å². The SMILES string of the molecule is COc1ccc(C2(O)CCOC2)c(OC)c1Br. The summed E-state index contributed by atoms with van der Waals surface area (Å²) in [7, 11) is 3.16. The van der Waals surface area contributed by atoms with Gasteiger partial charge in [-0.15, -0.1) is 0 Å². The summed E-state index contributed by atoms with van der Waals surface area (Å²) in [5.41, 5.74) is -0.245. The number of halogens is 1. The van der Waals surface area contributed by atoms with Gasteiger partial charge < -0.3 is 19.3 Å². The van der Waals surface area contributed by atoms with Gasteiger partial charge in [-0.05, 0) is 28.1 Å². The van der Waals surface area contributed by atoms with Crippen molar-refractivity contribution >= 4 is 15.9 Å². The minimum atomic E-state index is -0.972. The predicted octanol–water partition coefficient (Wildman–Crippen LogP) is 2.07. The Kier molecular flexibility index (Phi) is 3.61. The minimum absolute atomic E-state index is 0.294. The van der Waals surface area contributed by atoms with Crippen LogP contribution in [0.2, 0.25) is 0 Å². The Morgan fingerprint density at radius 1 is 1.35 bits per heavy atom. The van der Waals surface area contributed by atoms with Crippen LogP contribution in [0.3, 0.4) is 0 Å². The first-order chi connectivity index (χ1) is 8.12. The van der Waals surface area contributed by atoms with Gasteiger partial charge in [0.25, 0.3) is 0 Å². The lowest BCUT2D eigenvalue weighted by molar-refractivity contribution is 0.0211. The lowest BCUT2D eigenvalue weighted by Crippen LogP contribution is -2.26. The molecule has 0 bridgehead atoms. The second kappa shape index (κ2) is 4.84. The van der Waals surface area contributed by atoms with E-state index in [1.165, 1.54) is 0 Å². The maximum Gasteiger partial charge on any atom is 0.142 e. The van der Waals surface area contributed by atoms with Gasteiger partial charge in [-0.1, -0.05) is 0 Å². The Labute approximate surface area is 109 Å². The summed E-state index contributed by atoms with van der Waals surface area (Å²) in [5.74, 6) is 1.27. The fraction of sp³-hybridized carbons (Fsp3) is 0.500. The molecule has 1 heterocycles. The van der Waals surface area contributed by atoms with Crippen molar-refractivity contribution < 1.29 is 19.3 Å². The van der Waals surface area contributed by atoms with Crippen LogP contribution in [0, 0.1) is 0 Å². The first kappa shape index (κ1) is 12.7. The maximum atomic E-state index is 10.5. The fourth-order valence-corrected chi connectivity index (χ4v) is 2.70. The van der Waals surface area contributed by atoms with E-state index in [1.807, 2.05) is 6.07 Å². The lowest BCUT2D eigenvalue weighted by atomic mass is 9.92. The normalized spacial score (nSPS) is 23.8. The second-order valence-electron chi connectivity index (χ2n) is 4.00. The van der Waals surface area contributed by atoms with E-state index in [4.69, 9.17) is 14.2 Å². The molecule has 0 radical (unpaired) electrons. The van der Waals surface area contributed by atoms with Crippen molar-refractivity contribution in [2.75, 3.05) is 27.4 Å². The molecule has 17 heavy (non-hydrogen) atoms. The third kappa shape index (κ3) is 2.14. The third-order valence-corrected chi connectivity index (χ3v) is 3.74. The molecule has 2 rings (SSSR count). The van der Waals surface area contributed by atoms with Crippen LogP contribution in [0.25, 0.3) is 0 Å². The Morgan fingerprint density at radius 3 is 2.65 bits per heavy atom. The van der Waals surface area contributed by atoms with Crippen LogP contribution in [0.1, 0.15) is 12.0 Å². The quantitative estimate of drug-likeness (QED) is 0.929. The smallest absolute Gasteiger partial charge is 0.142 e. The zero-order chi connectivity index (χ0) is 12.5. The van der Waals surface area contributed by atoms with Crippen LogP contribution >= 0.6 is 15.9 Å². The fourth-order valence-electron chi connectivity index (χ4n) is 2.03. The number of benzene rings is 1. The van der Waals surface area contributed by atoms with Gasteiger partial charge in [-0.3, -0.25) is 0 Å². The minimum Gasteiger partial charge on any atom is -0.495 e. The molecular formula is C12H15BrO4. The molecule has 0 aliphatic carbocycles. The molecule has 1 fully saturated rings. The van der Waals surface area contributed by atoms with Crippen LogP contribution in [-0.2, 0) is 10.3 Å². The van der Waals surface area contributed by atoms with E-state index in [0.29, 0.717) is 35.6 Å². The maximum absolute atomic E-state index is 10.5. The summed E-state index contributed by atoms with van der Waals surface area (Å²) in [6.07, 6.45) is 0.572. The Bertz CT molecular complexity index is 413. The molecule has 1 aliphatic rings. The van der Waals surface area contributed by atoms with E-state index in [1.54, 1.807) is 20.3 Å². The molecule has 1 saturated heterocycles. The van der Waals surface area contributed by atoms with E-state index in [0.717, 1.165) is 5.56 Å². The standard InChI is InChI=1S/C12H15BrO4/c1-15-9-4-3-8(11(16-2)10(9)13)12(14)5-6-17-7-12/h3-4,14H,5-7H2,1-2H3. The molecule has 1 aromatic carbocycles. The Hall–Kier alpha value is -0.780. The van der Waals surface area contributed by atoms with Gasteiger partial charge in [0.2, 0.25) is 0 Å². The molecule has 1 unspecified atom stereocenters. The van der Waals surface area contributed by atoms with Crippen LogP contribution in [0.4, 0.5) is 0 Å². The zero-order valence-electron chi connectivity index (χ0n) is 9.83. The van der Waals surface area contributed by atoms with E-state index in [9.17, 15) is 5.11 Å². The molecule has 0 spiro atoms. The highest BCUT2D eigenvalue weighted by Crippen LogP contribution is 2.43. The van der Waals surface area contributed by atoms with E-state index >= 15 is 0 Å². The molecule has 0 amide bonds. The number of rotatable bonds is 3. The summed E-state index contributed by atoms with van der Waals surface area (Å²) in [4.78, 5) is 0. The predicted molar refractivity (Wildman–Crippen MR) is 66.6 cm³/mol. The largest absolute Gasteiger partial charge is 0.495 e. The van der Waals surface area contributed by atoms with Gasteiger partial charge in [0.05, 0.1) is 20.8 Å². The van der Waals surface area contributed by atoms with E-state index < -0.39 is 5.60 Å². The highest BCUT2D eigenvalue weighted by Gasteiger charge is 2.37. The van der Waals surface area contributed by atoms with Gasteiger partial charge in [-0.2, -0.15) is 0 Å². The first-order valence-corrected chi connectivity index (χ1v) is 6.13. The zero-order valence-corrected chi connectivity index (χ0v) is 11.4. The van der Waals surface area contributed by atoms with Gasteiger partial charge in [0.15, 0.2) is 0 Å². The van der Waals surface area contributed by atoms with Crippen molar-refractivity contribution in [3.05, 3.63) is 22.2 Å². The number of hydrogen-bond acceptors (Lipinski definition) is 4. The van der Waals surface area contributed by atoms with E-state index in [-0.39, 0.29) is 0 Å². The van der Waals surface area contributed by atoms with Crippen LogP contribution < -0.4 is 9.47 Å². The van der Waals surface area contributed by atoms with Crippen molar-refractivity contribution in [1.29, 1.82) is 0 Å². The molecule has 4 nitrogen and oxygen atoms in total. The molecule has 0 saturated carbocycles. The monoisotopic (exact) mass is 302 g/mol. The van der Waals surface area contributed by atoms with Crippen molar-refractivity contribution in [2.24, 2.45) is 0 Å². The van der Waals surface area contributed by atoms with Crippen LogP contribution in [-0.4, -0.2) is 32.5 Å². The molecular weight excluding hydrogens is 288 g/mol.